The number of unbranched alkanes of at least 4 members (excludes halogenated alkanes) is 30. The van der Waals surface area contributed by atoms with Crippen molar-refractivity contribution in [3.63, 3.8) is 0 Å². The van der Waals surface area contributed by atoms with Crippen molar-refractivity contribution in [2.24, 2.45) is 5.92 Å². The predicted octanol–water partition coefficient (Wildman–Crippen LogP) is 11.1. The van der Waals surface area contributed by atoms with Gasteiger partial charge in [-0.2, -0.15) is 0 Å². The highest BCUT2D eigenvalue weighted by molar-refractivity contribution is 5.76. The number of carbonyl (C=O) groups excluding carboxylic acids is 1. The Hall–Kier alpha value is -1.07. The Kier molecular flexibility index (Phi) is 37.7. The summed E-state index contributed by atoms with van der Waals surface area (Å²) >= 11 is 0. The van der Waals surface area contributed by atoms with E-state index in [1.807, 2.05) is 6.08 Å². The molecule has 0 aromatic heterocycles. The third-order valence-electron chi connectivity index (χ3n) is 12.3. The van der Waals surface area contributed by atoms with E-state index in [0.29, 0.717) is 6.42 Å². The van der Waals surface area contributed by atoms with Crippen LogP contribution in [-0.4, -0.2) is 87.5 Å². The van der Waals surface area contributed by atoms with Crippen molar-refractivity contribution < 1.29 is 39.8 Å². The lowest BCUT2D eigenvalue weighted by Crippen LogP contribution is -2.60. The van der Waals surface area contributed by atoms with Crippen molar-refractivity contribution >= 4 is 5.91 Å². The maximum atomic E-state index is 13.0. The molecule has 0 unspecified atom stereocenters. The van der Waals surface area contributed by atoms with Gasteiger partial charge in [-0.25, -0.2) is 0 Å². The summed E-state index contributed by atoms with van der Waals surface area (Å²) in [5.74, 6) is 0.606. The molecule has 0 aromatic carbocycles. The number of hydrogen-bond acceptors (Lipinski definition) is 8. The second-order valence-corrected chi connectivity index (χ2v) is 18.5. The number of amides is 1. The second-order valence-electron chi connectivity index (χ2n) is 18.5. The zero-order valence-corrected chi connectivity index (χ0v) is 38.7. The first-order valence-corrected chi connectivity index (χ1v) is 25.3. The third-order valence-corrected chi connectivity index (χ3v) is 12.3. The first kappa shape index (κ1) is 55.9. The largest absolute Gasteiger partial charge is 0.394 e. The highest BCUT2D eigenvalue weighted by atomic mass is 16.7. The topological polar surface area (TPSA) is 149 Å². The van der Waals surface area contributed by atoms with Crippen molar-refractivity contribution in [2.75, 3.05) is 13.2 Å². The first-order valence-electron chi connectivity index (χ1n) is 25.3. The molecule has 1 saturated heterocycles. The summed E-state index contributed by atoms with van der Waals surface area (Å²) in [6.45, 7) is 6.09. The van der Waals surface area contributed by atoms with E-state index in [1.165, 1.54) is 173 Å². The van der Waals surface area contributed by atoms with Gasteiger partial charge in [-0.05, 0) is 25.2 Å². The van der Waals surface area contributed by atoms with Gasteiger partial charge in [0.05, 0.1) is 25.4 Å². The van der Waals surface area contributed by atoms with Gasteiger partial charge in [0.2, 0.25) is 5.91 Å². The molecule has 350 valence electrons. The monoisotopic (exact) mass is 840 g/mol. The van der Waals surface area contributed by atoms with Crippen LogP contribution >= 0.6 is 0 Å². The van der Waals surface area contributed by atoms with Gasteiger partial charge in [0, 0.05) is 6.42 Å². The molecule has 0 bridgehead atoms. The maximum absolute atomic E-state index is 13.0. The molecule has 0 spiro atoms. The maximum Gasteiger partial charge on any atom is 0.220 e. The van der Waals surface area contributed by atoms with E-state index in [4.69, 9.17) is 9.47 Å². The Morgan fingerprint density at radius 2 is 1.03 bits per heavy atom. The molecule has 1 aliphatic rings. The molecule has 1 heterocycles. The minimum absolute atomic E-state index is 0.174. The summed E-state index contributed by atoms with van der Waals surface area (Å²) < 4.78 is 11.2. The Morgan fingerprint density at radius 1 is 0.610 bits per heavy atom. The molecule has 9 heteroatoms. The van der Waals surface area contributed by atoms with Gasteiger partial charge < -0.3 is 40.3 Å². The van der Waals surface area contributed by atoms with Crippen molar-refractivity contribution in [1.82, 2.24) is 5.32 Å². The standard InChI is InChI=1S/C50H97NO8/c1-4-5-6-7-8-9-10-11-12-13-14-15-16-17-18-19-20-21-22-23-27-30-33-36-39-46(54)51-43(41-58-50-49(57)48(56)47(55)45(40-52)59-50)44(53)38-35-32-29-26-24-25-28-31-34-37-42(2)3/h35,38,42-45,47-50,52-53,55-57H,4-34,36-37,39-41H2,1-3H3,(H,51,54)/b38-35+/t43-,44+,45+,47+,48-,49+,50+/m0/s1. The van der Waals surface area contributed by atoms with Crippen LogP contribution in [0.15, 0.2) is 12.2 Å². The summed E-state index contributed by atoms with van der Waals surface area (Å²) in [6.07, 6.45) is 38.5. The number of rotatable bonds is 42. The minimum atomic E-state index is -1.56. The van der Waals surface area contributed by atoms with Crippen LogP contribution in [0.25, 0.3) is 0 Å². The number of nitrogens with one attached hydrogen (secondary N) is 1. The van der Waals surface area contributed by atoms with Gasteiger partial charge in [-0.3, -0.25) is 4.79 Å². The van der Waals surface area contributed by atoms with E-state index >= 15 is 0 Å². The molecule has 0 saturated carbocycles. The molecular formula is C50H97NO8. The van der Waals surface area contributed by atoms with Crippen LogP contribution in [0.2, 0.25) is 0 Å². The minimum Gasteiger partial charge on any atom is -0.394 e. The summed E-state index contributed by atoms with van der Waals surface area (Å²) in [6, 6.07) is -0.800. The van der Waals surface area contributed by atoms with E-state index in [9.17, 15) is 30.3 Å². The highest BCUT2D eigenvalue weighted by Crippen LogP contribution is 2.23. The van der Waals surface area contributed by atoms with E-state index in [0.717, 1.165) is 44.4 Å². The Balaban J connectivity index is 2.22. The lowest BCUT2D eigenvalue weighted by molar-refractivity contribution is -0.302. The molecule has 0 aliphatic carbocycles. The average Bonchev–Trinajstić information content (AvgIpc) is 3.22. The van der Waals surface area contributed by atoms with Crippen molar-refractivity contribution in [3.05, 3.63) is 12.2 Å². The zero-order valence-electron chi connectivity index (χ0n) is 38.7. The van der Waals surface area contributed by atoms with Gasteiger partial charge in [0.25, 0.3) is 0 Å². The quantitative estimate of drug-likeness (QED) is 0.0263. The van der Waals surface area contributed by atoms with Crippen LogP contribution in [0.4, 0.5) is 0 Å². The fourth-order valence-corrected chi connectivity index (χ4v) is 8.22. The van der Waals surface area contributed by atoms with Gasteiger partial charge in [-0.1, -0.05) is 226 Å². The van der Waals surface area contributed by atoms with Gasteiger partial charge >= 0.3 is 0 Å². The number of aliphatic hydroxyl groups is 5. The van der Waals surface area contributed by atoms with Crippen LogP contribution in [0.3, 0.4) is 0 Å². The molecule has 1 rings (SSSR count). The van der Waals surface area contributed by atoms with Gasteiger partial charge in [-0.15, -0.1) is 0 Å². The molecule has 0 radical (unpaired) electrons. The van der Waals surface area contributed by atoms with E-state index in [1.54, 1.807) is 6.08 Å². The number of carbonyl (C=O) groups is 1. The van der Waals surface area contributed by atoms with Crippen molar-refractivity contribution in [2.45, 2.75) is 282 Å². The fraction of sp³-hybridized carbons (Fsp3) is 0.940. The number of ether oxygens (including phenoxy) is 2. The molecule has 9 nitrogen and oxygen atoms in total. The molecule has 7 atom stereocenters. The molecule has 6 N–H and O–H groups in total. The highest BCUT2D eigenvalue weighted by Gasteiger charge is 2.44. The third kappa shape index (κ3) is 31.4. The SMILES string of the molecule is CCCCCCCCCCCCCCCCCCCCCCCCCCC(=O)N[C@@H](CO[C@@H]1O[C@H](CO)[C@@H](O)[C@H](O)[C@H]1O)[C@H](O)/C=C/CCCCCCCCCC(C)C. The molecular weight excluding hydrogens is 743 g/mol. The molecule has 1 amide bonds. The zero-order chi connectivity index (χ0) is 43.2. The van der Waals surface area contributed by atoms with Crippen LogP contribution in [-0.2, 0) is 14.3 Å². The Bertz CT molecular complexity index is 948. The molecule has 0 aromatic rings. The van der Waals surface area contributed by atoms with Crippen LogP contribution in [0, 0.1) is 5.92 Å². The second kappa shape index (κ2) is 39.8. The first-order chi connectivity index (χ1) is 28.7. The number of hydrogen-bond donors (Lipinski definition) is 6. The average molecular weight is 840 g/mol. The van der Waals surface area contributed by atoms with Crippen molar-refractivity contribution in [3.8, 4) is 0 Å². The van der Waals surface area contributed by atoms with E-state index in [-0.39, 0.29) is 12.5 Å². The predicted molar refractivity (Wildman–Crippen MR) is 244 cm³/mol. The van der Waals surface area contributed by atoms with E-state index in [2.05, 4.69) is 26.1 Å². The van der Waals surface area contributed by atoms with Crippen LogP contribution < -0.4 is 5.32 Å². The van der Waals surface area contributed by atoms with Gasteiger partial charge in [0.1, 0.15) is 24.4 Å². The lowest BCUT2D eigenvalue weighted by Gasteiger charge is -2.40. The summed E-state index contributed by atoms with van der Waals surface area (Å²) in [5.41, 5.74) is 0. The summed E-state index contributed by atoms with van der Waals surface area (Å²) in [4.78, 5) is 13.0. The summed E-state index contributed by atoms with van der Waals surface area (Å²) in [7, 11) is 0. The number of allylic oxidation sites excluding steroid dienone is 1. The fourth-order valence-electron chi connectivity index (χ4n) is 8.22. The van der Waals surface area contributed by atoms with Crippen molar-refractivity contribution in [1.29, 1.82) is 0 Å². The smallest absolute Gasteiger partial charge is 0.220 e. The summed E-state index contributed by atoms with van der Waals surface area (Å²) in [5, 5.41) is 54.2. The normalized spacial score (nSPS) is 20.8. The number of aliphatic hydroxyl groups excluding tert-OH is 5. The lowest BCUT2D eigenvalue weighted by atomic mass is 9.99. The molecule has 59 heavy (non-hydrogen) atoms. The van der Waals surface area contributed by atoms with Crippen LogP contribution in [0.5, 0.6) is 0 Å². The Morgan fingerprint density at radius 3 is 1.47 bits per heavy atom. The molecule has 1 fully saturated rings. The Labute approximate surface area is 363 Å². The van der Waals surface area contributed by atoms with Crippen LogP contribution in [0.1, 0.15) is 239 Å². The molecule has 1 aliphatic heterocycles. The van der Waals surface area contributed by atoms with E-state index < -0.39 is 49.5 Å². The van der Waals surface area contributed by atoms with Gasteiger partial charge in [0.15, 0.2) is 6.29 Å².